The molecule has 2 rings (SSSR count). The van der Waals surface area contributed by atoms with Crippen molar-refractivity contribution in [3.8, 4) is 17.0 Å². The van der Waals surface area contributed by atoms with Crippen molar-refractivity contribution in [2.24, 2.45) is 0 Å². The molecule has 2 aromatic rings. The summed E-state index contributed by atoms with van der Waals surface area (Å²) < 4.78 is 5.60. The fourth-order valence-corrected chi connectivity index (χ4v) is 1.68. The summed E-state index contributed by atoms with van der Waals surface area (Å²) in [5.41, 5.74) is 1.94. The number of rotatable bonds is 4. The van der Waals surface area contributed by atoms with E-state index in [-0.39, 0.29) is 0 Å². The third-order valence-electron chi connectivity index (χ3n) is 2.47. The third-order valence-corrected chi connectivity index (χ3v) is 2.47. The van der Waals surface area contributed by atoms with Crippen LogP contribution in [0.1, 0.15) is 6.92 Å². The molecular formula is C14H16N2O. The van der Waals surface area contributed by atoms with Gasteiger partial charge in [-0.3, -0.25) is 0 Å². The van der Waals surface area contributed by atoms with Gasteiger partial charge in [-0.25, -0.2) is 4.98 Å². The van der Waals surface area contributed by atoms with Crippen molar-refractivity contribution in [2.45, 2.75) is 6.92 Å². The number of anilines is 1. The molecule has 3 nitrogen and oxygen atoms in total. The highest BCUT2D eigenvalue weighted by atomic mass is 16.5. The predicted octanol–water partition coefficient (Wildman–Crippen LogP) is 3.19. The van der Waals surface area contributed by atoms with Crippen molar-refractivity contribution >= 4 is 5.82 Å². The molecule has 0 bridgehead atoms. The maximum atomic E-state index is 5.60. The maximum Gasteiger partial charge on any atom is 0.128 e. The lowest BCUT2D eigenvalue weighted by atomic mass is 10.1. The number of ether oxygens (including phenoxy) is 1. The number of nitrogens with one attached hydrogen (secondary N) is 1. The summed E-state index contributed by atoms with van der Waals surface area (Å²) in [6, 6.07) is 13.9. The van der Waals surface area contributed by atoms with E-state index in [0.717, 1.165) is 22.8 Å². The fraction of sp³-hybridized carbons (Fsp3) is 0.214. The van der Waals surface area contributed by atoms with Crippen molar-refractivity contribution in [1.29, 1.82) is 0 Å². The van der Waals surface area contributed by atoms with Crippen LogP contribution in [0, 0.1) is 0 Å². The van der Waals surface area contributed by atoms with Gasteiger partial charge in [0, 0.05) is 12.6 Å². The molecule has 0 aliphatic carbocycles. The molecule has 0 atom stereocenters. The Morgan fingerprint density at radius 3 is 2.71 bits per heavy atom. The molecule has 0 amide bonds. The van der Waals surface area contributed by atoms with Gasteiger partial charge in [-0.05, 0) is 31.2 Å². The van der Waals surface area contributed by atoms with Crippen LogP contribution in [-0.2, 0) is 0 Å². The second-order valence-electron chi connectivity index (χ2n) is 3.59. The molecule has 0 fully saturated rings. The van der Waals surface area contributed by atoms with Crippen LogP contribution in [-0.4, -0.2) is 18.6 Å². The summed E-state index contributed by atoms with van der Waals surface area (Å²) >= 11 is 0. The molecule has 0 aliphatic rings. The van der Waals surface area contributed by atoms with E-state index in [2.05, 4.69) is 10.3 Å². The van der Waals surface area contributed by atoms with E-state index >= 15 is 0 Å². The summed E-state index contributed by atoms with van der Waals surface area (Å²) in [6.45, 7) is 2.64. The average molecular weight is 228 g/mol. The molecule has 0 aliphatic heterocycles. The molecule has 1 aromatic heterocycles. The van der Waals surface area contributed by atoms with Gasteiger partial charge in [0.05, 0.1) is 12.3 Å². The quantitative estimate of drug-likeness (QED) is 0.872. The largest absolute Gasteiger partial charge is 0.493 e. The van der Waals surface area contributed by atoms with Crippen LogP contribution in [0.4, 0.5) is 5.82 Å². The Morgan fingerprint density at radius 2 is 1.94 bits per heavy atom. The first-order valence-corrected chi connectivity index (χ1v) is 5.72. The number of aromatic nitrogens is 1. The van der Waals surface area contributed by atoms with Crippen molar-refractivity contribution in [2.75, 3.05) is 19.0 Å². The van der Waals surface area contributed by atoms with Crippen LogP contribution < -0.4 is 10.1 Å². The van der Waals surface area contributed by atoms with E-state index in [1.807, 2.05) is 56.4 Å². The Balaban J connectivity index is 2.44. The van der Waals surface area contributed by atoms with Gasteiger partial charge in [0.15, 0.2) is 0 Å². The molecule has 0 unspecified atom stereocenters. The predicted molar refractivity (Wildman–Crippen MR) is 70.4 cm³/mol. The van der Waals surface area contributed by atoms with Gasteiger partial charge < -0.3 is 10.1 Å². The van der Waals surface area contributed by atoms with E-state index in [9.17, 15) is 0 Å². The summed E-state index contributed by atoms with van der Waals surface area (Å²) in [5.74, 6) is 1.73. The standard InChI is InChI=1S/C14H16N2O/c1-3-17-13-9-5-4-7-11(13)12-8-6-10-14(15-2)16-12/h4-10H,3H2,1-2H3,(H,15,16). The van der Waals surface area contributed by atoms with E-state index < -0.39 is 0 Å². The van der Waals surface area contributed by atoms with E-state index in [1.165, 1.54) is 0 Å². The van der Waals surface area contributed by atoms with Crippen LogP contribution in [0.3, 0.4) is 0 Å². The Bertz CT molecular complexity index is 497. The Labute approximate surface area is 101 Å². The molecule has 88 valence electrons. The molecule has 0 saturated heterocycles. The Morgan fingerprint density at radius 1 is 1.12 bits per heavy atom. The van der Waals surface area contributed by atoms with Crippen LogP contribution in [0.25, 0.3) is 11.3 Å². The SMILES string of the molecule is CCOc1ccccc1-c1cccc(NC)n1. The minimum atomic E-state index is 0.655. The first-order valence-electron chi connectivity index (χ1n) is 5.72. The molecule has 3 heteroatoms. The van der Waals surface area contributed by atoms with Crippen molar-refractivity contribution in [3.05, 3.63) is 42.5 Å². The van der Waals surface area contributed by atoms with E-state index in [0.29, 0.717) is 6.61 Å². The number of hydrogen-bond acceptors (Lipinski definition) is 3. The first kappa shape index (κ1) is 11.5. The molecule has 1 heterocycles. The lowest BCUT2D eigenvalue weighted by Crippen LogP contribution is -1.96. The van der Waals surface area contributed by atoms with Gasteiger partial charge >= 0.3 is 0 Å². The van der Waals surface area contributed by atoms with Crippen LogP contribution in [0.5, 0.6) is 5.75 Å². The highest BCUT2D eigenvalue weighted by molar-refractivity contribution is 5.68. The van der Waals surface area contributed by atoms with Crippen LogP contribution >= 0.6 is 0 Å². The second kappa shape index (κ2) is 5.34. The molecule has 1 N–H and O–H groups in total. The minimum absolute atomic E-state index is 0.655. The second-order valence-corrected chi connectivity index (χ2v) is 3.59. The molecular weight excluding hydrogens is 212 g/mol. The van der Waals surface area contributed by atoms with E-state index in [1.54, 1.807) is 0 Å². The number of benzene rings is 1. The number of hydrogen-bond donors (Lipinski definition) is 1. The smallest absolute Gasteiger partial charge is 0.128 e. The third kappa shape index (κ3) is 2.56. The van der Waals surface area contributed by atoms with Crippen molar-refractivity contribution in [3.63, 3.8) is 0 Å². The van der Waals surface area contributed by atoms with E-state index in [4.69, 9.17) is 4.74 Å². The van der Waals surface area contributed by atoms with Crippen molar-refractivity contribution in [1.82, 2.24) is 4.98 Å². The van der Waals surface area contributed by atoms with Gasteiger partial charge in [-0.1, -0.05) is 18.2 Å². The lowest BCUT2D eigenvalue weighted by Gasteiger charge is -2.10. The lowest BCUT2D eigenvalue weighted by molar-refractivity contribution is 0.341. The summed E-state index contributed by atoms with van der Waals surface area (Å²) in [6.07, 6.45) is 0. The number of pyridine rings is 1. The minimum Gasteiger partial charge on any atom is -0.493 e. The van der Waals surface area contributed by atoms with Gasteiger partial charge in [0.2, 0.25) is 0 Å². The molecule has 1 aromatic carbocycles. The number of nitrogens with zero attached hydrogens (tertiary/aromatic N) is 1. The summed E-state index contributed by atoms with van der Waals surface area (Å²) in [7, 11) is 1.86. The Hall–Kier alpha value is -2.03. The van der Waals surface area contributed by atoms with Crippen molar-refractivity contribution < 1.29 is 4.74 Å². The van der Waals surface area contributed by atoms with Crippen LogP contribution in [0.2, 0.25) is 0 Å². The molecule has 17 heavy (non-hydrogen) atoms. The summed E-state index contributed by atoms with van der Waals surface area (Å²) in [4.78, 5) is 4.51. The zero-order valence-electron chi connectivity index (χ0n) is 10.1. The Kier molecular flexibility index (Phi) is 3.60. The zero-order valence-corrected chi connectivity index (χ0v) is 10.1. The highest BCUT2D eigenvalue weighted by Crippen LogP contribution is 2.28. The van der Waals surface area contributed by atoms with Gasteiger partial charge in [-0.2, -0.15) is 0 Å². The zero-order chi connectivity index (χ0) is 12.1. The normalized spacial score (nSPS) is 10.0. The monoisotopic (exact) mass is 228 g/mol. The molecule has 0 saturated carbocycles. The summed E-state index contributed by atoms with van der Waals surface area (Å²) in [5, 5.41) is 3.04. The average Bonchev–Trinajstić information content (AvgIpc) is 2.40. The number of para-hydroxylation sites is 1. The van der Waals surface area contributed by atoms with Crippen LogP contribution in [0.15, 0.2) is 42.5 Å². The molecule has 0 spiro atoms. The highest BCUT2D eigenvalue weighted by Gasteiger charge is 2.06. The van der Waals surface area contributed by atoms with Gasteiger partial charge in [-0.15, -0.1) is 0 Å². The topological polar surface area (TPSA) is 34.1 Å². The fourth-order valence-electron chi connectivity index (χ4n) is 1.68. The first-order chi connectivity index (χ1) is 8.35. The maximum absolute atomic E-state index is 5.60. The molecule has 0 radical (unpaired) electrons. The van der Waals surface area contributed by atoms with Gasteiger partial charge in [0.1, 0.15) is 11.6 Å². The van der Waals surface area contributed by atoms with Gasteiger partial charge in [0.25, 0.3) is 0 Å².